The zero-order chi connectivity index (χ0) is 15.9. The molecule has 6 nitrogen and oxygen atoms in total. The van der Waals surface area contributed by atoms with Crippen LogP contribution in [0, 0.1) is 0 Å². The summed E-state index contributed by atoms with van der Waals surface area (Å²) < 4.78 is 0. The number of likely N-dealkylation sites (tertiary alicyclic amines) is 1. The van der Waals surface area contributed by atoms with E-state index in [1.165, 1.54) is 0 Å². The molecular weight excluding hydrogens is 298 g/mol. The molecule has 1 aromatic rings. The van der Waals surface area contributed by atoms with Gasteiger partial charge in [0.1, 0.15) is 5.82 Å². The Morgan fingerprint density at radius 2 is 2.27 bits per heavy atom. The van der Waals surface area contributed by atoms with Crippen molar-refractivity contribution in [3.63, 3.8) is 0 Å². The summed E-state index contributed by atoms with van der Waals surface area (Å²) in [7, 11) is 2.07. The van der Waals surface area contributed by atoms with Crippen LogP contribution >= 0.6 is 11.8 Å². The molecule has 2 atom stereocenters. The van der Waals surface area contributed by atoms with Crippen molar-refractivity contribution >= 4 is 17.8 Å². The molecule has 1 fully saturated rings. The summed E-state index contributed by atoms with van der Waals surface area (Å²) >= 11 is 1.75. The number of hydrogen-bond donors (Lipinski definition) is 1. The summed E-state index contributed by atoms with van der Waals surface area (Å²) in [6.07, 6.45) is 6.57. The summed E-state index contributed by atoms with van der Waals surface area (Å²) in [6, 6.07) is 2.44. The van der Waals surface area contributed by atoms with Gasteiger partial charge in [-0.3, -0.25) is 4.90 Å². The van der Waals surface area contributed by atoms with E-state index in [0.717, 1.165) is 31.1 Å². The molecule has 1 saturated heterocycles. The average Bonchev–Trinajstić information content (AvgIpc) is 2.98. The SMILES string of the molecule is CSCC(C)NC(=O)N1CCC(N(C)Cc2ncccn2)C1. The molecule has 2 amide bonds. The number of aromatic nitrogens is 2. The Balaban J connectivity index is 1.80. The lowest BCUT2D eigenvalue weighted by Crippen LogP contribution is -2.45. The first-order valence-electron chi connectivity index (χ1n) is 7.60. The van der Waals surface area contributed by atoms with E-state index < -0.39 is 0 Å². The lowest BCUT2D eigenvalue weighted by atomic mass is 10.2. The van der Waals surface area contributed by atoms with Crippen molar-refractivity contribution in [2.75, 3.05) is 32.1 Å². The van der Waals surface area contributed by atoms with Crippen molar-refractivity contribution in [2.45, 2.75) is 32.0 Å². The predicted octanol–water partition coefficient (Wildman–Crippen LogP) is 1.44. The van der Waals surface area contributed by atoms with Crippen LogP contribution in [0.25, 0.3) is 0 Å². The van der Waals surface area contributed by atoms with Gasteiger partial charge in [-0.05, 0) is 32.7 Å². The van der Waals surface area contributed by atoms with Gasteiger partial charge >= 0.3 is 6.03 Å². The number of carbonyl (C=O) groups excluding carboxylic acids is 1. The first-order valence-corrected chi connectivity index (χ1v) is 9.00. The zero-order valence-corrected chi connectivity index (χ0v) is 14.3. The highest BCUT2D eigenvalue weighted by atomic mass is 32.2. The summed E-state index contributed by atoms with van der Waals surface area (Å²) in [5, 5.41) is 3.05. The number of carbonyl (C=O) groups is 1. The first-order chi connectivity index (χ1) is 10.6. The van der Waals surface area contributed by atoms with Gasteiger partial charge in [0.15, 0.2) is 0 Å². The maximum Gasteiger partial charge on any atom is 0.317 e. The molecule has 1 aromatic heterocycles. The van der Waals surface area contributed by atoms with Crippen LogP contribution in [0.15, 0.2) is 18.5 Å². The van der Waals surface area contributed by atoms with E-state index in [2.05, 4.69) is 33.5 Å². The van der Waals surface area contributed by atoms with Gasteiger partial charge in [-0.25, -0.2) is 14.8 Å². The summed E-state index contributed by atoms with van der Waals surface area (Å²) in [5.41, 5.74) is 0. The van der Waals surface area contributed by atoms with Gasteiger partial charge in [-0.2, -0.15) is 11.8 Å². The molecule has 2 heterocycles. The van der Waals surface area contributed by atoms with Gasteiger partial charge in [-0.15, -0.1) is 0 Å². The second kappa shape index (κ2) is 8.33. The smallest absolute Gasteiger partial charge is 0.317 e. The molecule has 0 aliphatic carbocycles. The lowest BCUT2D eigenvalue weighted by Gasteiger charge is -2.24. The highest BCUT2D eigenvalue weighted by Crippen LogP contribution is 2.16. The molecule has 0 spiro atoms. The molecule has 2 unspecified atom stereocenters. The summed E-state index contributed by atoms with van der Waals surface area (Å²) in [6.45, 7) is 4.33. The quantitative estimate of drug-likeness (QED) is 0.858. The van der Waals surface area contributed by atoms with Gasteiger partial charge < -0.3 is 10.2 Å². The number of nitrogens with zero attached hydrogens (tertiary/aromatic N) is 4. The number of thioether (sulfide) groups is 1. The Labute approximate surface area is 136 Å². The highest BCUT2D eigenvalue weighted by molar-refractivity contribution is 7.98. The van der Waals surface area contributed by atoms with Gasteiger partial charge in [0, 0.05) is 43.3 Å². The summed E-state index contributed by atoms with van der Waals surface area (Å²) in [4.78, 5) is 24.9. The monoisotopic (exact) mass is 323 g/mol. The van der Waals surface area contributed by atoms with Crippen molar-refractivity contribution < 1.29 is 4.79 Å². The molecule has 2 rings (SSSR count). The van der Waals surface area contributed by atoms with E-state index >= 15 is 0 Å². The molecule has 1 aliphatic rings. The van der Waals surface area contributed by atoms with Crippen LogP contribution in [0.4, 0.5) is 4.79 Å². The van der Waals surface area contributed by atoms with Crippen LogP contribution in [0.3, 0.4) is 0 Å². The van der Waals surface area contributed by atoms with Crippen LogP contribution in [0.1, 0.15) is 19.2 Å². The highest BCUT2D eigenvalue weighted by Gasteiger charge is 2.29. The number of hydrogen-bond acceptors (Lipinski definition) is 5. The van der Waals surface area contributed by atoms with Crippen LogP contribution < -0.4 is 5.32 Å². The van der Waals surface area contributed by atoms with Crippen molar-refractivity contribution in [3.8, 4) is 0 Å². The fourth-order valence-corrected chi connectivity index (χ4v) is 3.23. The first kappa shape index (κ1) is 17.0. The molecular formula is C15H25N5OS. The van der Waals surface area contributed by atoms with Gasteiger partial charge in [0.25, 0.3) is 0 Å². The topological polar surface area (TPSA) is 61.4 Å². The van der Waals surface area contributed by atoms with E-state index in [1.54, 1.807) is 24.2 Å². The third kappa shape index (κ3) is 4.84. The second-order valence-corrected chi connectivity index (χ2v) is 6.69. The molecule has 1 N–H and O–H groups in total. The van der Waals surface area contributed by atoms with E-state index in [9.17, 15) is 4.79 Å². The van der Waals surface area contributed by atoms with Gasteiger partial charge in [-0.1, -0.05) is 0 Å². The second-order valence-electron chi connectivity index (χ2n) is 5.77. The minimum absolute atomic E-state index is 0.0495. The van der Waals surface area contributed by atoms with Crippen molar-refractivity contribution in [1.29, 1.82) is 0 Å². The molecule has 0 aromatic carbocycles. The minimum atomic E-state index is 0.0495. The van der Waals surface area contributed by atoms with E-state index in [-0.39, 0.29) is 12.1 Å². The van der Waals surface area contributed by atoms with Crippen molar-refractivity contribution in [2.24, 2.45) is 0 Å². The van der Waals surface area contributed by atoms with Crippen LogP contribution in [0.5, 0.6) is 0 Å². The van der Waals surface area contributed by atoms with E-state index in [4.69, 9.17) is 0 Å². The molecule has 122 valence electrons. The molecule has 1 aliphatic heterocycles. The largest absolute Gasteiger partial charge is 0.335 e. The number of amides is 2. The van der Waals surface area contributed by atoms with Gasteiger partial charge in [0.05, 0.1) is 6.54 Å². The normalized spacial score (nSPS) is 19.5. The fourth-order valence-electron chi connectivity index (χ4n) is 2.64. The minimum Gasteiger partial charge on any atom is -0.335 e. The van der Waals surface area contributed by atoms with Gasteiger partial charge in [0.2, 0.25) is 0 Å². The van der Waals surface area contributed by atoms with Crippen LogP contribution in [-0.4, -0.2) is 70.0 Å². The van der Waals surface area contributed by atoms with Crippen molar-refractivity contribution in [1.82, 2.24) is 25.1 Å². The Morgan fingerprint density at radius 3 is 2.95 bits per heavy atom. The maximum atomic E-state index is 12.2. The molecule has 0 saturated carbocycles. The van der Waals surface area contributed by atoms with E-state index in [0.29, 0.717) is 12.6 Å². The van der Waals surface area contributed by atoms with Crippen LogP contribution in [0.2, 0.25) is 0 Å². The van der Waals surface area contributed by atoms with Crippen LogP contribution in [-0.2, 0) is 6.54 Å². The number of rotatable bonds is 6. The third-order valence-corrected chi connectivity index (χ3v) is 4.70. The lowest BCUT2D eigenvalue weighted by molar-refractivity contribution is 0.194. The molecule has 0 radical (unpaired) electrons. The summed E-state index contributed by atoms with van der Waals surface area (Å²) in [5.74, 6) is 1.76. The zero-order valence-electron chi connectivity index (χ0n) is 13.5. The average molecular weight is 323 g/mol. The standard InChI is InChI=1S/C15H25N5OS/c1-12(11-22-3)18-15(21)20-8-5-13(9-20)19(2)10-14-16-6-4-7-17-14/h4,6-7,12-13H,5,8-11H2,1-3H3,(H,18,21). The number of nitrogens with one attached hydrogen (secondary N) is 1. The Bertz CT molecular complexity index is 472. The molecule has 22 heavy (non-hydrogen) atoms. The molecule has 0 bridgehead atoms. The van der Waals surface area contributed by atoms with E-state index in [1.807, 2.05) is 17.9 Å². The number of likely N-dealkylation sites (N-methyl/N-ethyl adjacent to an activating group) is 1. The van der Waals surface area contributed by atoms with Crippen molar-refractivity contribution in [3.05, 3.63) is 24.3 Å². The Kier molecular flexibility index (Phi) is 6.45. The fraction of sp³-hybridized carbons (Fsp3) is 0.667. The third-order valence-electron chi connectivity index (χ3n) is 3.87. The Hall–Kier alpha value is -1.34. The predicted molar refractivity (Wildman–Crippen MR) is 89.9 cm³/mol. The maximum absolute atomic E-state index is 12.2. The Morgan fingerprint density at radius 1 is 1.55 bits per heavy atom. The number of urea groups is 1. The molecule has 7 heteroatoms.